The molecule has 1 atom stereocenters. The minimum absolute atomic E-state index is 0.119. The molecule has 2 aromatic carbocycles. The number of nitrogens with one attached hydrogen (secondary N) is 1. The Morgan fingerprint density at radius 1 is 1.24 bits per heavy atom. The average Bonchev–Trinajstić information content (AvgIpc) is 2.49. The molecule has 0 aliphatic carbocycles. The largest absolute Gasteiger partial charge is 0.389 e. The Labute approximate surface area is 134 Å². The van der Waals surface area contributed by atoms with E-state index in [0.29, 0.717) is 16.3 Å². The zero-order valence-electron chi connectivity index (χ0n) is 11.5. The van der Waals surface area contributed by atoms with E-state index >= 15 is 0 Å². The summed E-state index contributed by atoms with van der Waals surface area (Å²) in [7, 11) is 0. The van der Waals surface area contributed by atoms with E-state index in [0.717, 1.165) is 5.56 Å². The van der Waals surface area contributed by atoms with Crippen molar-refractivity contribution in [3.8, 4) is 0 Å². The molecular formula is C16H15ClN2OS. The van der Waals surface area contributed by atoms with Crippen LogP contribution in [-0.2, 0) is 4.79 Å². The van der Waals surface area contributed by atoms with Crippen molar-refractivity contribution in [1.29, 1.82) is 0 Å². The summed E-state index contributed by atoms with van der Waals surface area (Å²) in [4.78, 5) is 12.5. The molecule has 0 radical (unpaired) electrons. The Hall–Kier alpha value is -1.91. The molecule has 2 rings (SSSR count). The molecule has 0 aromatic heterocycles. The highest BCUT2D eigenvalue weighted by Crippen LogP contribution is 2.25. The number of carbonyl (C=O) groups is 1. The number of hydrogen-bond acceptors (Lipinski definition) is 2. The van der Waals surface area contributed by atoms with E-state index in [2.05, 4.69) is 5.32 Å². The number of halogens is 1. The number of nitrogens with two attached hydrogens (primary N) is 1. The summed E-state index contributed by atoms with van der Waals surface area (Å²) >= 11 is 11.0. The first-order valence-corrected chi connectivity index (χ1v) is 7.23. The van der Waals surface area contributed by atoms with E-state index in [9.17, 15) is 4.79 Å². The average molecular weight is 319 g/mol. The van der Waals surface area contributed by atoms with Gasteiger partial charge in [0.05, 0.1) is 16.6 Å². The van der Waals surface area contributed by atoms with E-state index < -0.39 is 0 Å². The van der Waals surface area contributed by atoms with Crippen molar-refractivity contribution >= 4 is 40.4 Å². The molecule has 3 nitrogen and oxygen atoms in total. The molecule has 2 aromatic rings. The van der Waals surface area contributed by atoms with E-state index in [-0.39, 0.29) is 16.8 Å². The van der Waals surface area contributed by atoms with Gasteiger partial charge in [0.25, 0.3) is 0 Å². The van der Waals surface area contributed by atoms with Gasteiger partial charge >= 0.3 is 0 Å². The number of thiocarbonyl (C=S) groups is 1. The fourth-order valence-corrected chi connectivity index (χ4v) is 2.26. The SMILES string of the molecule is CC(C(=O)Nc1ccc(C(N)=S)cc1Cl)c1ccccc1. The van der Waals surface area contributed by atoms with Crippen molar-refractivity contribution in [2.24, 2.45) is 5.73 Å². The molecule has 0 aliphatic rings. The van der Waals surface area contributed by atoms with Crippen molar-refractivity contribution < 1.29 is 4.79 Å². The maximum Gasteiger partial charge on any atom is 0.231 e. The van der Waals surface area contributed by atoms with Gasteiger partial charge in [0, 0.05) is 5.56 Å². The van der Waals surface area contributed by atoms with Gasteiger partial charge in [-0.1, -0.05) is 54.2 Å². The molecule has 0 aliphatic heterocycles. The lowest BCUT2D eigenvalue weighted by Gasteiger charge is -2.14. The van der Waals surface area contributed by atoms with E-state index in [1.807, 2.05) is 37.3 Å². The fourth-order valence-electron chi connectivity index (χ4n) is 1.90. The number of rotatable bonds is 4. The molecule has 0 spiro atoms. The Kier molecular flexibility index (Phi) is 4.94. The molecule has 0 saturated carbocycles. The van der Waals surface area contributed by atoms with Crippen LogP contribution in [-0.4, -0.2) is 10.9 Å². The van der Waals surface area contributed by atoms with Crippen LogP contribution in [0.3, 0.4) is 0 Å². The predicted octanol–water partition coefficient (Wildman–Crippen LogP) is 3.72. The van der Waals surface area contributed by atoms with Crippen LogP contribution in [0.5, 0.6) is 0 Å². The highest BCUT2D eigenvalue weighted by atomic mass is 35.5. The molecule has 1 unspecified atom stereocenters. The first-order chi connectivity index (χ1) is 9.99. The van der Waals surface area contributed by atoms with Gasteiger partial charge in [0.2, 0.25) is 5.91 Å². The van der Waals surface area contributed by atoms with Gasteiger partial charge in [0.15, 0.2) is 0 Å². The van der Waals surface area contributed by atoms with Crippen LogP contribution in [0.2, 0.25) is 5.02 Å². The van der Waals surface area contributed by atoms with Crippen LogP contribution in [0.4, 0.5) is 5.69 Å². The highest BCUT2D eigenvalue weighted by Gasteiger charge is 2.16. The lowest BCUT2D eigenvalue weighted by atomic mass is 10.0. The van der Waals surface area contributed by atoms with Crippen molar-refractivity contribution in [3.05, 3.63) is 64.7 Å². The third kappa shape index (κ3) is 3.80. The molecule has 5 heteroatoms. The van der Waals surface area contributed by atoms with Gasteiger partial charge in [-0.25, -0.2) is 0 Å². The standard InChI is InChI=1S/C16H15ClN2OS/c1-10(11-5-3-2-4-6-11)16(20)19-14-8-7-12(15(18)21)9-13(14)17/h2-10H,1H3,(H2,18,21)(H,19,20). The van der Waals surface area contributed by atoms with Crippen molar-refractivity contribution in [3.63, 3.8) is 0 Å². The normalized spacial score (nSPS) is 11.7. The zero-order chi connectivity index (χ0) is 15.4. The van der Waals surface area contributed by atoms with Gasteiger partial charge in [0.1, 0.15) is 4.99 Å². The first-order valence-electron chi connectivity index (χ1n) is 6.44. The molecule has 0 heterocycles. The molecular weight excluding hydrogens is 304 g/mol. The van der Waals surface area contributed by atoms with Crippen LogP contribution >= 0.6 is 23.8 Å². The summed E-state index contributed by atoms with van der Waals surface area (Å²) in [5, 5.41) is 3.23. The smallest absolute Gasteiger partial charge is 0.231 e. The van der Waals surface area contributed by atoms with E-state index in [1.165, 1.54) is 0 Å². The van der Waals surface area contributed by atoms with E-state index in [1.54, 1.807) is 18.2 Å². The van der Waals surface area contributed by atoms with Crippen molar-refractivity contribution in [2.75, 3.05) is 5.32 Å². The summed E-state index contributed by atoms with van der Waals surface area (Å²) in [5.74, 6) is -0.385. The lowest BCUT2D eigenvalue weighted by Crippen LogP contribution is -2.19. The van der Waals surface area contributed by atoms with E-state index in [4.69, 9.17) is 29.6 Å². The topological polar surface area (TPSA) is 55.1 Å². The molecule has 0 fully saturated rings. The fraction of sp³-hybridized carbons (Fsp3) is 0.125. The number of carbonyl (C=O) groups excluding carboxylic acids is 1. The highest BCUT2D eigenvalue weighted by molar-refractivity contribution is 7.80. The Morgan fingerprint density at radius 2 is 1.90 bits per heavy atom. The maximum atomic E-state index is 12.3. The number of hydrogen-bond donors (Lipinski definition) is 2. The molecule has 1 amide bonds. The summed E-state index contributed by atoms with van der Waals surface area (Å²) in [6.45, 7) is 1.85. The second-order valence-corrected chi connectivity index (χ2v) is 5.53. The molecule has 21 heavy (non-hydrogen) atoms. The van der Waals surface area contributed by atoms with Crippen LogP contribution < -0.4 is 11.1 Å². The Balaban J connectivity index is 2.15. The minimum atomic E-state index is -0.266. The third-order valence-corrected chi connectivity index (χ3v) is 3.75. The van der Waals surface area contributed by atoms with Crippen molar-refractivity contribution in [1.82, 2.24) is 0 Å². The summed E-state index contributed by atoms with van der Waals surface area (Å²) in [5.41, 5.74) is 7.71. The van der Waals surface area contributed by atoms with Gasteiger partial charge < -0.3 is 11.1 Å². The second-order valence-electron chi connectivity index (χ2n) is 4.68. The van der Waals surface area contributed by atoms with Crippen molar-refractivity contribution in [2.45, 2.75) is 12.8 Å². The summed E-state index contributed by atoms with van der Waals surface area (Å²) in [6.07, 6.45) is 0. The second kappa shape index (κ2) is 6.70. The van der Waals surface area contributed by atoms with Gasteiger partial charge in [-0.2, -0.15) is 0 Å². The van der Waals surface area contributed by atoms with Gasteiger partial charge in [-0.15, -0.1) is 0 Å². The van der Waals surface area contributed by atoms with Crippen LogP contribution in [0, 0.1) is 0 Å². The first kappa shape index (κ1) is 15.5. The molecule has 0 saturated heterocycles. The number of amides is 1. The summed E-state index contributed by atoms with van der Waals surface area (Å²) < 4.78 is 0. The zero-order valence-corrected chi connectivity index (χ0v) is 13.0. The molecule has 108 valence electrons. The Bertz CT molecular complexity index is 673. The Morgan fingerprint density at radius 3 is 2.48 bits per heavy atom. The van der Waals surface area contributed by atoms with Gasteiger partial charge in [-0.05, 0) is 30.7 Å². The van der Waals surface area contributed by atoms with Crippen LogP contribution in [0.1, 0.15) is 24.0 Å². The lowest BCUT2D eigenvalue weighted by molar-refractivity contribution is -0.117. The quantitative estimate of drug-likeness (QED) is 0.845. The van der Waals surface area contributed by atoms with Crippen LogP contribution in [0.25, 0.3) is 0 Å². The molecule has 0 bridgehead atoms. The molecule has 3 N–H and O–H groups in total. The third-order valence-electron chi connectivity index (χ3n) is 3.20. The predicted molar refractivity (Wildman–Crippen MR) is 90.8 cm³/mol. The monoisotopic (exact) mass is 318 g/mol. The minimum Gasteiger partial charge on any atom is -0.389 e. The van der Waals surface area contributed by atoms with Gasteiger partial charge in [-0.3, -0.25) is 4.79 Å². The van der Waals surface area contributed by atoms with Crippen LogP contribution in [0.15, 0.2) is 48.5 Å². The summed E-state index contributed by atoms with van der Waals surface area (Å²) in [6, 6.07) is 14.6. The number of anilines is 1. The number of benzene rings is 2. The maximum absolute atomic E-state index is 12.3.